The molecule has 3 heteroatoms. The van der Waals surface area contributed by atoms with Crippen molar-refractivity contribution >= 4 is 22.1 Å². The summed E-state index contributed by atoms with van der Waals surface area (Å²) in [6.45, 7) is 0. The van der Waals surface area contributed by atoms with Gasteiger partial charge in [-0.3, -0.25) is 0 Å². The van der Waals surface area contributed by atoms with E-state index in [2.05, 4.69) is 16.1 Å². The van der Waals surface area contributed by atoms with Crippen LogP contribution in [-0.4, -0.2) is 5.11 Å². The average Bonchev–Trinajstić information content (AvgIpc) is 2.54. The molecule has 100 valence electrons. The lowest BCUT2D eigenvalue weighted by Crippen LogP contribution is -1.75. The number of hydrogen-bond donors (Lipinski definition) is 1. The molecule has 0 heterocycles. The topological polar surface area (TPSA) is 45.0 Å². The van der Waals surface area contributed by atoms with E-state index >= 15 is 0 Å². The second-order valence-electron chi connectivity index (χ2n) is 4.55. The Kier molecular flexibility index (Phi) is 3.36. The maximum Gasteiger partial charge on any atom is 0.143 e. The molecular formula is C18H12N2O. The summed E-state index contributed by atoms with van der Waals surface area (Å²) >= 11 is 0. The zero-order valence-corrected chi connectivity index (χ0v) is 11.2. The van der Waals surface area contributed by atoms with Crippen LogP contribution in [0, 0.1) is 12.3 Å². The van der Waals surface area contributed by atoms with E-state index in [1.165, 1.54) is 0 Å². The number of rotatable bonds is 2. The summed E-state index contributed by atoms with van der Waals surface area (Å²) in [6.07, 6.45) is 5.36. The van der Waals surface area contributed by atoms with Gasteiger partial charge in [-0.2, -0.15) is 5.11 Å². The lowest BCUT2D eigenvalue weighted by Gasteiger charge is -2.03. The van der Waals surface area contributed by atoms with Gasteiger partial charge in [-0.15, -0.1) is 11.5 Å². The van der Waals surface area contributed by atoms with Gasteiger partial charge in [-0.05, 0) is 29.7 Å². The minimum atomic E-state index is 0.102. The van der Waals surface area contributed by atoms with Crippen LogP contribution in [0.4, 0.5) is 11.4 Å². The Morgan fingerprint density at radius 2 is 1.76 bits per heavy atom. The van der Waals surface area contributed by atoms with Crippen LogP contribution in [-0.2, 0) is 0 Å². The average molecular weight is 272 g/mol. The molecule has 0 atom stereocenters. The van der Waals surface area contributed by atoms with Gasteiger partial charge in [-0.1, -0.05) is 42.3 Å². The summed E-state index contributed by atoms with van der Waals surface area (Å²) in [5.41, 5.74) is 1.85. The number of hydrogen-bond acceptors (Lipinski definition) is 3. The molecule has 0 aliphatic heterocycles. The summed E-state index contributed by atoms with van der Waals surface area (Å²) in [4.78, 5) is 0. The zero-order valence-electron chi connectivity index (χ0n) is 11.2. The summed E-state index contributed by atoms with van der Waals surface area (Å²) in [5.74, 6) is 2.66. The van der Waals surface area contributed by atoms with E-state index in [9.17, 15) is 5.11 Å². The van der Waals surface area contributed by atoms with Gasteiger partial charge in [0.2, 0.25) is 0 Å². The lowest BCUT2D eigenvalue weighted by atomic mass is 10.1. The van der Waals surface area contributed by atoms with E-state index < -0.39 is 0 Å². The third-order valence-electron chi connectivity index (χ3n) is 3.16. The maximum absolute atomic E-state index is 10.0. The normalized spacial score (nSPS) is 10.8. The molecule has 21 heavy (non-hydrogen) atoms. The number of phenols is 1. The van der Waals surface area contributed by atoms with E-state index in [0.717, 1.165) is 16.3 Å². The number of nitrogens with zero attached hydrogens (tertiary/aromatic N) is 2. The minimum Gasteiger partial charge on any atom is -0.506 e. The Morgan fingerprint density at radius 1 is 0.905 bits per heavy atom. The van der Waals surface area contributed by atoms with Gasteiger partial charge in [0.25, 0.3) is 0 Å². The molecule has 0 bridgehead atoms. The number of benzene rings is 3. The van der Waals surface area contributed by atoms with Crippen molar-refractivity contribution in [1.82, 2.24) is 0 Å². The molecule has 0 spiro atoms. The van der Waals surface area contributed by atoms with E-state index in [4.69, 9.17) is 6.42 Å². The monoisotopic (exact) mass is 272 g/mol. The Labute approximate surface area is 122 Å². The van der Waals surface area contributed by atoms with Crippen LogP contribution in [0.5, 0.6) is 5.75 Å². The molecule has 0 aliphatic rings. The fourth-order valence-corrected chi connectivity index (χ4v) is 2.11. The van der Waals surface area contributed by atoms with Crippen LogP contribution in [0.15, 0.2) is 70.9 Å². The van der Waals surface area contributed by atoms with Crippen molar-refractivity contribution in [3.05, 3.63) is 66.2 Å². The molecule has 0 aromatic heterocycles. The van der Waals surface area contributed by atoms with Crippen LogP contribution in [0.1, 0.15) is 5.56 Å². The van der Waals surface area contributed by atoms with Crippen LogP contribution in [0.25, 0.3) is 10.8 Å². The van der Waals surface area contributed by atoms with E-state index in [1.54, 1.807) is 12.1 Å². The molecule has 3 aromatic rings. The molecule has 0 saturated heterocycles. The number of azo groups is 1. The van der Waals surface area contributed by atoms with E-state index in [1.807, 2.05) is 48.5 Å². The number of terminal acetylenes is 1. The fourth-order valence-electron chi connectivity index (χ4n) is 2.11. The molecule has 0 saturated carbocycles. The third-order valence-corrected chi connectivity index (χ3v) is 3.16. The first-order chi connectivity index (χ1) is 10.3. The van der Waals surface area contributed by atoms with Crippen LogP contribution < -0.4 is 0 Å². The highest BCUT2D eigenvalue weighted by Crippen LogP contribution is 2.35. The van der Waals surface area contributed by atoms with Gasteiger partial charge in [0.15, 0.2) is 0 Å². The largest absolute Gasteiger partial charge is 0.506 e. The Hall–Kier alpha value is -3.12. The highest BCUT2D eigenvalue weighted by molar-refractivity contribution is 5.95. The molecule has 3 aromatic carbocycles. The molecule has 0 radical (unpaired) electrons. The zero-order chi connectivity index (χ0) is 14.7. The van der Waals surface area contributed by atoms with Crippen molar-refractivity contribution in [3.63, 3.8) is 0 Å². The Bertz CT molecular complexity index is 876. The van der Waals surface area contributed by atoms with Gasteiger partial charge >= 0.3 is 0 Å². The first-order valence-corrected chi connectivity index (χ1v) is 6.47. The van der Waals surface area contributed by atoms with Gasteiger partial charge < -0.3 is 5.11 Å². The van der Waals surface area contributed by atoms with E-state index in [0.29, 0.717) is 11.4 Å². The Morgan fingerprint density at radius 3 is 2.62 bits per heavy atom. The molecule has 0 amide bonds. The molecular weight excluding hydrogens is 260 g/mol. The highest BCUT2D eigenvalue weighted by Gasteiger charge is 2.05. The number of phenolic OH excluding ortho intramolecular Hbond substituents is 1. The van der Waals surface area contributed by atoms with Gasteiger partial charge in [0, 0.05) is 10.9 Å². The second-order valence-corrected chi connectivity index (χ2v) is 4.55. The smallest absolute Gasteiger partial charge is 0.143 e. The lowest BCUT2D eigenvalue weighted by molar-refractivity contribution is 0.477. The summed E-state index contributed by atoms with van der Waals surface area (Å²) in [5, 5.41) is 20.2. The molecule has 0 fully saturated rings. The van der Waals surface area contributed by atoms with Crippen molar-refractivity contribution in [2.75, 3.05) is 0 Å². The Balaban J connectivity index is 2.07. The molecule has 1 N–H and O–H groups in total. The fraction of sp³-hybridized carbons (Fsp3) is 0. The van der Waals surface area contributed by atoms with Gasteiger partial charge in [0.05, 0.1) is 5.69 Å². The molecule has 3 rings (SSSR count). The third kappa shape index (κ3) is 2.60. The quantitative estimate of drug-likeness (QED) is 0.521. The first-order valence-electron chi connectivity index (χ1n) is 6.47. The summed E-state index contributed by atoms with van der Waals surface area (Å²) in [7, 11) is 0. The van der Waals surface area contributed by atoms with Crippen molar-refractivity contribution in [2.45, 2.75) is 0 Å². The van der Waals surface area contributed by atoms with E-state index in [-0.39, 0.29) is 5.75 Å². The molecule has 0 unspecified atom stereocenters. The van der Waals surface area contributed by atoms with Crippen LogP contribution in [0.3, 0.4) is 0 Å². The van der Waals surface area contributed by atoms with Gasteiger partial charge in [-0.25, -0.2) is 0 Å². The van der Waals surface area contributed by atoms with Crippen molar-refractivity contribution in [2.24, 2.45) is 10.2 Å². The second kappa shape index (κ2) is 5.48. The SMILES string of the molecule is C#Cc1cccc(N=Nc2c(O)ccc3ccccc23)c1. The van der Waals surface area contributed by atoms with Crippen LogP contribution in [0.2, 0.25) is 0 Å². The molecule has 0 aliphatic carbocycles. The standard InChI is InChI=1S/C18H12N2O/c1-2-13-6-5-8-15(12-13)19-20-18-16-9-4-3-7-14(16)10-11-17(18)21/h1,3-12,21H. The predicted octanol–water partition coefficient (Wildman–Crippen LogP) is 4.94. The summed E-state index contributed by atoms with van der Waals surface area (Å²) < 4.78 is 0. The van der Waals surface area contributed by atoms with Crippen LogP contribution >= 0.6 is 0 Å². The number of fused-ring (bicyclic) bond motifs is 1. The maximum atomic E-state index is 10.0. The van der Waals surface area contributed by atoms with Crippen molar-refractivity contribution in [3.8, 4) is 18.1 Å². The summed E-state index contributed by atoms with van der Waals surface area (Å²) in [6, 6.07) is 18.4. The number of aromatic hydroxyl groups is 1. The first kappa shape index (κ1) is 12.9. The molecule has 3 nitrogen and oxygen atoms in total. The highest BCUT2D eigenvalue weighted by atomic mass is 16.3. The van der Waals surface area contributed by atoms with Gasteiger partial charge in [0.1, 0.15) is 11.4 Å². The predicted molar refractivity (Wildman–Crippen MR) is 84.2 cm³/mol. The van der Waals surface area contributed by atoms with Crippen molar-refractivity contribution in [1.29, 1.82) is 0 Å². The van der Waals surface area contributed by atoms with Crippen molar-refractivity contribution < 1.29 is 5.11 Å². The minimum absolute atomic E-state index is 0.102.